The Hall–Kier alpha value is -3.59. The second-order valence-corrected chi connectivity index (χ2v) is 9.59. The fraction of sp³-hybridized carbons (Fsp3) is 0.423. The summed E-state index contributed by atoms with van der Waals surface area (Å²) in [5.74, 6) is 2.92. The van der Waals surface area contributed by atoms with E-state index in [1.54, 1.807) is 37.8 Å². The zero-order valence-corrected chi connectivity index (χ0v) is 19.9. The van der Waals surface area contributed by atoms with Crippen molar-refractivity contribution >= 4 is 23.4 Å². The van der Waals surface area contributed by atoms with E-state index in [1.165, 1.54) is 0 Å². The molecule has 182 valence electrons. The maximum atomic E-state index is 12.3. The number of aliphatic hydroxyl groups is 1. The molecule has 4 heterocycles. The van der Waals surface area contributed by atoms with Crippen LogP contribution in [0.15, 0.2) is 48.9 Å². The van der Waals surface area contributed by atoms with Gasteiger partial charge >= 0.3 is 0 Å². The van der Waals surface area contributed by atoms with Crippen LogP contribution in [0.5, 0.6) is 0 Å². The van der Waals surface area contributed by atoms with Crippen molar-refractivity contribution in [2.24, 2.45) is 11.3 Å². The van der Waals surface area contributed by atoms with Crippen molar-refractivity contribution < 1.29 is 9.90 Å². The number of nitrogens with one attached hydrogen (secondary N) is 2. The van der Waals surface area contributed by atoms with Crippen molar-refractivity contribution in [1.82, 2.24) is 25.3 Å². The molecule has 2 atom stereocenters. The summed E-state index contributed by atoms with van der Waals surface area (Å²) in [5.41, 5.74) is 1.74. The van der Waals surface area contributed by atoms with E-state index in [4.69, 9.17) is 9.97 Å². The quantitative estimate of drug-likeness (QED) is 0.499. The minimum absolute atomic E-state index is 0.0555. The minimum atomic E-state index is -0.0555. The molecule has 9 nitrogen and oxygen atoms in total. The van der Waals surface area contributed by atoms with E-state index in [9.17, 15) is 9.90 Å². The highest BCUT2D eigenvalue weighted by Gasteiger charge is 2.43. The number of aliphatic hydroxyl groups excluding tert-OH is 1. The summed E-state index contributed by atoms with van der Waals surface area (Å²) < 4.78 is 0. The topological polar surface area (TPSA) is 116 Å². The summed E-state index contributed by atoms with van der Waals surface area (Å²) in [5, 5.41) is 15.6. The maximum Gasteiger partial charge on any atom is 0.222 e. The number of rotatable bonds is 6. The highest BCUT2D eigenvalue weighted by atomic mass is 16.3. The third kappa shape index (κ3) is 5.09. The first-order valence-corrected chi connectivity index (χ1v) is 12.2. The third-order valence-corrected chi connectivity index (χ3v) is 7.21. The second kappa shape index (κ2) is 9.95. The second-order valence-electron chi connectivity index (χ2n) is 9.59. The van der Waals surface area contributed by atoms with Gasteiger partial charge in [0.25, 0.3) is 0 Å². The van der Waals surface area contributed by atoms with E-state index in [2.05, 4.69) is 25.5 Å². The van der Waals surface area contributed by atoms with Crippen molar-refractivity contribution in [3.63, 3.8) is 0 Å². The molecule has 2 unspecified atom stereocenters. The van der Waals surface area contributed by atoms with E-state index < -0.39 is 0 Å². The predicted octanol–water partition coefficient (Wildman–Crippen LogP) is 3.30. The summed E-state index contributed by atoms with van der Waals surface area (Å²) in [7, 11) is 1.73. The van der Waals surface area contributed by atoms with Gasteiger partial charge in [0.15, 0.2) is 5.82 Å². The molecule has 3 N–H and O–H groups in total. The van der Waals surface area contributed by atoms with Crippen LogP contribution in [0.1, 0.15) is 37.7 Å². The first-order chi connectivity index (χ1) is 17.1. The molecule has 3 aromatic rings. The van der Waals surface area contributed by atoms with Crippen LogP contribution in [-0.2, 0) is 11.4 Å². The third-order valence-electron chi connectivity index (χ3n) is 7.21. The zero-order chi connectivity index (χ0) is 24.3. The molecule has 3 aromatic heterocycles. The van der Waals surface area contributed by atoms with Gasteiger partial charge in [0.2, 0.25) is 5.91 Å². The van der Waals surface area contributed by atoms with E-state index in [0.29, 0.717) is 17.5 Å². The van der Waals surface area contributed by atoms with Gasteiger partial charge in [-0.2, -0.15) is 0 Å². The summed E-state index contributed by atoms with van der Waals surface area (Å²) in [4.78, 5) is 32.9. The van der Waals surface area contributed by atoms with Crippen LogP contribution in [0.4, 0.5) is 17.5 Å². The van der Waals surface area contributed by atoms with Crippen molar-refractivity contribution in [2.75, 3.05) is 30.4 Å². The van der Waals surface area contributed by atoms with Gasteiger partial charge in [-0.3, -0.25) is 9.78 Å². The Labute approximate surface area is 205 Å². The van der Waals surface area contributed by atoms with Gasteiger partial charge in [0, 0.05) is 56.3 Å². The van der Waals surface area contributed by atoms with Crippen molar-refractivity contribution in [3.8, 4) is 11.4 Å². The van der Waals surface area contributed by atoms with Crippen LogP contribution < -0.4 is 15.5 Å². The van der Waals surface area contributed by atoms with E-state index >= 15 is 0 Å². The standard InChI is InChI=1S/C26H31N7O2/c1-27-25(35)19-4-2-7-26(14-19)8-11-33(17-26)23-13-22(30-21-12-18(16-34)6-10-29-21)31-24(32-23)20-5-3-9-28-15-20/h3,5-6,9-10,12-13,15,19,34H,2,4,7-8,11,14,16-17H2,1H3,(H,27,35)(H,29,30,31,32). The average molecular weight is 474 g/mol. The molecule has 5 rings (SSSR count). The average Bonchev–Trinajstić information content (AvgIpc) is 3.31. The lowest BCUT2D eigenvalue weighted by atomic mass is 9.69. The number of nitrogens with zero attached hydrogens (tertiary/aromatic N) is 5. The summed E-state index contributed by atoms with van der Waals surface area (Å²) in [6, 6.07) is 9.35. The van der Waals surface area contributed by atoms with Crippen molar-refractivity contribution in [1.29, 1.82) is 0 Å². The smallest absolute Gasteiger partial charge is 0.222 e. The van der Waals surface area contributed by atoms with Gasteiger partial charge in [0.1, 0.15) is 17.5 Å². The van der Waals surface area contributed by atoms with Crippen molar-refractivity contribution in [2.45, 2.75) is 38.7 Å². The number of aromatic nitrogens is 4. The fourth-order valence-corrected chi connectivity index (χ4v) is 5.44. The number of pyridine rings is 2. The van der Waals surface area contributed by atoms with Crippen LogP contribution >= 0.6 is 0 Å². The molecule has 0 aromatic carbocycles. The lowest BCUT2D eigenvalue weighted by molar-refractivity contribution is -0.126. The molecular weight excluding hydrogens is 442 g/mol. The largest absolute Gasteiger partial charge is 0.392 e. The molecule has 35 heavy (non-hydrogen) atoms. The Morgan fingerprint density at radius 2 is 2.11 bits per heavy atom. The lowest BCUT2D eigenvalue weighted by Crippen LogP contribution is -2.38. The van der Waals surface area contributed by atoms with Gasteiger partial charge < -0.3 is 20.6 Å². The normalized spacial score (nSPS) is 21.8. The summed E-state index contributed by atoms with van der Waals surface area (Å²) in [6.07, 6.45) is 10.3. The van der Waals surface area contributed by atoms with Crippen molar-refractivity contribution in [3.05, 3.63) is 54.5 Å². The Morgan fingerprint density at radius 1 is 1.20 bits per heavy atom. The fourth-order valence-electron chi connectivity index (χ4n) is 5.44. The SMILES string of the molecule is CNC(=O)C1CCCC2(CCN(c3cc(Nc4cc(CO)ccn4)nc(-c4cccnc4)n3)C2)C1. The van der Waals surface area contributed by atoms with E-state index in [-0.39, 0.29) is 23.8 Å². The molecule has 1 saturated carbocycles. The molecule has 1 saturated heterocycles. The minimum Gasteiger partial charge on any atom is -0.392 e. The Bertz CT molecular complexity index is 1190. The van der Waals surface area contributed by atoms with Crippen LogP contribution in [0.2, 0.25) is 0 Å². The van der Waals surface area contributed by atoms with Crippen LogP contribution in [0.25, 0.3) is 11.4 Å². The number of amides is 1. The Kier molecular flexibility index (Phi) is 6.59. The van der Waals surface area contributed by atoms with E-state index in [0.717, 1.165) is 62.1 Å². The Balaban J connectivity index is 1.44. The van der Waals surface area contributed by atoms with Gasteiger partial charge in [-0.25, -0.2) is 15.0 Å². The molecule has 1 amide bonds. The number of carbonyl (C=O) groups is 1. The van der Waals surface area contributed by atoms with E-state index in [1.807, 2.05) is 18.2 Å². The molecule has 0 bridgehead atoms. The predicted molar refractivity (Wildman–Crippen MR) is 134 cm³/mol. The van der Waals surface area contributed by atoms with Crippen LogP contribution in [0, 0.1) is 11.3 Å². The number of hydrogen-bond acceptors (Lipinski definition) is 8. The highest BCUT2D eigenvalue weighted by Crippen LogP contribution is 2.47. The molecule has 2 fully saturated rings. The molecule has 2 aliphatic rings. The van der Waals surface area contributed by atoms with Gasteiger partial charge in [-0.15, -0.1) is 0 Å². The number of anilines is 3. The lowest BCUT2D eigenvalue weighted by Gasteiger charge is -2.37. The molecular formula is C26H31N7O2. The van der Waals surface area contributed by atoms with Gasteiger partial charge in [0.05, 0.1) is 6.61 Å². The molecule has 9 heteroatoms. The van der Waals surface area contributed by atoms with Crippen LogP contribution in [0.3, 0.4) is 0 Å². The highest BCUT2D eigenvalue weighted by molar-refractivity contribution is 5.78. The number of carbonyl (C=O) groups excluding carboxylic acids is 1. The first-order valence-electron chi connectivity index (χ1n) is 12.2. The van der Waals surface area contributed by atoms with Gasteiger partial charge in [-0.05, 0) is 60.9 Å². The first kappa shape index (κ1) is 23.2. The molecule has 1 aliphatic carbocycles. The summed E-state index contributed by atoms with van der Waals surface area (Å²) >= 11 is 0. The molecule has 0 radical (unpaired) electrons. The zero-order valence-electron chi connectivity index (χ0n) is 19.9. The molecule has 1 aliphatic heterocycles. The monoisotopic (exact) mass is 473 g/mol. The summed E-state index contributed by atoms with van der Waals surface area (Å²) in [6.45, 7) is 1.71. The molecule has 1 spiro atoms. The Morgan fingerprint density at radius 3 is 2.91 bits per heavy atom. The van der Waals surface area contributed by atoms with Crippen LogP contribution in [-0.4, -0.2) is 51.1 Å². The maximum absolute atomic E-state index is 12.3. The van der Waals surface area contributed by atoms with Gasteiger partial charge in [-0.1, -0.05) is 6.42 Å². The number of hydrogen-bond donors (Lipinski definition) is 3.